The first kappa shape index (κ1) is 23.4. The largest absolute Gasteiger partial charge is 0.485 e. The molecular weight excluding hydrogens is 416 g/mol. The van der Waals surface area contributed by atoms with Crippen molar-refractivity contribution in [2.24, 2.45) is 5.92 Å². The van der Waals surface area contributed by atoms with Gasteiger partial charge in [0.1, 0.15) is 5.75 Å². The number of carbonyl (C=O) groups is 2. The molecule has 1 aromatic heterocycles. The predicted octanol–water partition coefficient (Wildman–Crippen LogP) is 4.00. The summed E-state index contributed by atoms with van der Waals surface area (Å²) in [5.41, 5.74) is 5.99. The van der Waals surface area contributed by atoms with E-state index in [4.69, 9.17) is 4.74 Å². The van der Waals surface area contributed by atoms with Gasteiger partial charge in [-0.15, -0.1) is 5.73 Å². The van der Waals surface area contributed by atoms with Gasteiger partial charge in [0.15, 0.2) is 6.61 Å². The first-order valence-electron chi connectivity index (χ1n) is 10.4. The van der Waals surface area contributed by atoms with Gasteiger partial charge in [0, 0.05) is 30.7 Å². The maximum absolute atomic E-state index is 13.1. The quantitative estimate of drug-likeness (QED) is 0.647. The molecule has 1 aromatic rings. The van der Waals surface area contributed by atoms with Crippen LogP contribution in [0.1, 0.15) is 45.0 Å². The molecule has 0 fully saturated rings. The standard InChI is InChI=1S/C24H27F2N3O3/c1-14(2)22(30)28-19-9-7-6-8-17-18(19)12-29(23(17)31)16(4)20-10-15(3)21(11-27-20)32-13-24(5,25)26/h7-11,14,16H,12-13H2,1-5H3,(H,28,30). The number of pyridine rings is 1. The maximum Gasteiger partial charge on any atom is 0.278 e. The number of rotatable bonds is 7. The Balaban J connectivity index is 1.80. The number of hydrogen-bond acceptors (Lipinski definition) is 4. The van der Waals surface area contributed by atoms with E-state index in [0.717, 1.165) is 12.5 Å². The molecule has 1 aliphatic heterocycles. The molecule has 0 aromatic carbocycles. The molecule has 1 atom stereocenters. The van der Waals surface area contributed by atoms with Crippen molar-refractivity contribution in [3.8, 4) is 5.75 Å². The van der Waals surface area contributed by atoms with Crippen LogP contribution < -0.4 is 10.1 Å². The topological polar surface area (TPSA) is 71.5 Å². The van der Waals surface area contributed by atoms with E-state index in [1.165, 1.54) is 6.20 Å². The maximum atomic E-state index is 13.1. The van der Waals surface area contributed by atoms with E-state index in [2.05, 4.69) is 16.0 Å². The van der Waals surface area contributed by atoms with Gasteiger partial charge in [0.2, 0.25) is 5.91 Å². The molecule has 2 amide bonds. The highest BCUT2D eigenvalue weighted by atomic mass is 19.3. The molecule has 6 nitrogen and oxygen atoms in total. The average Bonchev–Trinajstić information content (AvgIpc) is 2.90. The lowest BCUT2D eigenvalue weighted by atomic mass is 10.1. The highest BCUT2D eigenvalue weighted by Gasteiger charge is 2.35. The third kappa shape index (κ3) is 5.14. The van der Waals surface area contributed by atoms with Crippen LogP contribution in [0.25, 0.3) is 0 Å². The SMILES string of the molecule is Cc1cc(C(C)N2CC3=C(C=C=CC=C3NC(=O)C(C)C)C2=O)ncc1OCC(C)(F)F. The number of halogens is 2. The van der Waals surface area contributed by atoms with E-state index in [-0.39, 0.29) is 29.5 Å². The second kappa shape index (κ2) is 9.09. The average molecular weight is 443 g/mol. The van der Waals surface area contributed by atoms with E-state index in [9.17, 15) is 18.4 Å². The Hall–Kier alpha value is -3.25. The fourth-order valence-electron chi connectivity index (χ4n) is 3.37. The molecule has 1 N–H and O–H groups in total. The number of aromatic nitrogens is 1. The van der Waals surface area contributed by atoms with E-state index >= 15 is 0 Å². The molecule has 0 spiro atoms. The Kier molecular flexibility index (Phi) is 6.65. The molecule has 3 rings (SSSR count). The molecule has 1 aliphatic carbocycles. The lowest BCUT2D eigenvalue weighted by molar-refractivity contribution is -0.127. The first-order valence-corrected chi connectivity index (χ1v) is 10.4. The molecule has 1 unspecified atom stereocenters. The molecule has 170 valence electrons. The van der Waals surface area contributed by atoms with E-state index in [0.29, 0.717) is 29.1 Å². The number of allylic oxidation sites excluding steroid dienone is 1. The van der Waals surface area contributed by atoms with Crippen molar-refractivity contribution >= 4 is 11.8 Å². The van der Waals surface area contributed by atoms with Crippen LogP contribution in [0, 0.1) is 12.8 Å². The van der Waals surface area contributed by atoms with Gasteiger partial charge in [-0.3, -0.25) is 14.6 Å². The van der Waals surface area contributed by atoms with Crippen LogP contribution in [0.4, 0.5) is 8.78 Å². The number of nitrogens with zero attached hydrogens (tertiary/aromatic N) is 2. The van der Waals surface area contributed by atoms with Crippen molar-refractivity contribution in [3.05, 3.63) is 64.3 Å². The molecule has 2 heterocycles. The Morgan fingerprint density at radius 2 is 2.09 bits per heavy atom. The summed E-state index contributed by atoms with van der Waals surface area (Å²) < 4.78 is 31.4. The monoisotopic (exact) mass is 443 g/mol. The number of ether oxygens (including phenoxy) is 1. The Labute approximate surface area is 186 Å². The van der Waals surface area contributed by atoms with Crippen LogP contribution >= 0.6 is 0 Å². The second-order valence-electron chi connectivity index (χ2n) is 8.44. The third-order valence-corrected chi connectivity index (χ3v) is 5.29. The highest BCUT2D eigenvalue weighted by Crippen LogP contribution is 2.33. The number of alkyl halides is 2. The summed E-state index contributed by atoms with van der Waals surface area (Å²) in [5, 5.41) is 2.89. The Morgan fingerprint density at radius 1 is 1.38 bits per heavy atom. The number of hydrogen-bond donors (Lipinski definition) is 1. The normalized spacial score (nSPS) is 16.8. The summed E-state index contributed by atoms with van der Waals surface area (Å²) in [5.74, 6) is -3.19. The van der Waals surface area contributed by atoms with Crippen LogP contribution in [0.2, 0.25) is 0 Å². The molecule has 32 heavy (non-hydrogen) atoms. The van der Waals surface area contributed by atoms with Crippen LogP contribution in [-0.2, 0) is 9.59 Å². The van der Waals surface area contributed by atoms with Gasteiger partial charge in [-0.2, -0.15) is 0 Å². The summed E-state index contributed by atoms with van der Waals surface area (Å²) in [7, 11) is 0. The van der Waals surface area contributed by atoms with Crippen LogP contribution in [-0.4, -0.2) is 40.8 Å². The summed E-state index contributed by atoms with van der Waals surface area (Å²) in [6.45, 7) is 7.55. The molecule has 2 aliphatic rings. The zero-order valence-electron chi connectivity index (χ0n) is 18.8. The van der Waals surface area contributed by atoms with Crippen molar-refractivity contribution in [1.82, 2.24) is 15.2 Å². The van der Waals surface area contributed by atoms with Gasteiger partial charge >= 0.3 is 0 Å². The van der Waals surface area contributed by atoms with Gasteiger partial charge in [-0.25, -0.2) is 8.78 Å². The van der Waals surface area contributed by atoms with Gasteiger partial charge in [0.05, 0.1) is 23.5 Å². The fraction of sp³-hybridized carbons (Fsp3) is 0.417. The minimum absolute atomic E-state index is 0.136. The van der Waals surface area contributed by atoms with Crippen molar-refractivity contribution in [1.29, 1.82) is 0 Å². The van der Waals surface area contributed by atoms with Crippen molar-refractivity contribution in [3.63, 3.8) is 0 Å². The summed E-state index contributed by atoms with van der Waals surface area (Å²) in [4.78, 5) is 31.4. The van der Waals surface area contributed by atoms with Gasteiger partial charge in [0.25, 0.3) is 11.8 Å². The number of nitrogens with one attached hydrogen (secondary N) is 1. The molecule has 0 saturated carbocycles. The Bertz CT molecular complexity index is 1060. The summed E-state index contributed by atoms with van der Waals surface area (Å²) in [6, 6.07) is 1.35. The fourth-order valence-corrected chi connectivity index (χ4v) is 3.37. The molecule has 0 radical (unpaired) electrons. The Morgan fingerprint density at radius 3 is 2.72 bits per heavy atom. The first-order chi connectivity index (χ1) is 15.0. The van der Waals surface area contributed by atoms with E-state index in [1.807, 2.05) is 6.92 Å². The minimum atomic E-state index is -2.94. The number of amides is 2. The third-order valence-electron chi connectivity index (χ3n) is 5.29. The van der Waals surface area contributed by atoms with Crippen LogP contribution in [0.15, 0.2) is 53.1 Å². The molecule has 0 bridgehead atoms. The zero-order valence-corrected chi connectivity index (χ0v) is 18.8. The zero-order chi connectivity index (χ0) is 23.6. The highest BCUT2D eigenvalue weighted by molar-refractivity contribution is 6.01. The van der Waals surface area contributed by atoms with Gasteiger partial charge < -0.3 is 15.0 Å². The lowest BCUT2D eigenvalue weighted by Gasteiger charge is -2.25. The van der Waals surface area contributed by atoms with E-state index < -0.39 is 12.5 Å². The smallest absolute Gasteiger partial charge is 0.278 e. The minimum Gasteiger partial charge on any atom is -0.485 e. The summed E-state index contributed by atoms with van der Waals surface area (Å²) >= 11 is 0. The van der Waals surface area contributed by atoms with Crippen LogP contribution in [0.3, 0.4) is 0 Å². The van der Waals surface area contributed by atoms with Gasteiger partial charge in [-0.05, 0) is 43.7 Å². The lowest BCUT2D eigenvalue weighted by Crippen LogP contribution is -2.32. The van der Waals surface area contributed by atoms with Crippen LogP contribution in [0.5, 0.6) is 5.75 Å². The van der Waals surface area contributed by atoms with Gasteiger partial charge in [-0.1, -0.05) is 13.8 Å². The number of aryl methyl sites for hydroxylation is 1. The molecule has 0 saturated heterocycles. The van der Waals surface area contributed by atoms with E-state index in [1.54, 1.807) is 50.0 Å². The van der Waals surface area contributed by atoms with Crippen molar-refractivity contribution < 1.29 is 23.1 Å². The molecular formula is C24H27F2N3O3. The summed E-state index contributed by atoms with van der Waals surface area (Å²) in [6.07, 6.45) is 6.43. The number of carbonyl (C=O) groups excluding carboxylic acids is 2. The van der Waals surface area contributed by atoms with Crippen molar-refractivity contribution in [2.75, 3.05) is 13.2 Å². The second-order valence-corrected chi connectivity index (χ2v) is 8.44. The predicted molar refractivity (Wildman–Crippen MR) is 116 cm³/mol. The van der Waals surface area contributed by atoms with Crippen molar-refractivity contribution in [2.45, 2.75) is 46.6 Å². The molecule has 8 heteroatoms.